The van der Waals surface area contributed by atoms with Crippen molar-refractivity contribution >= 4 is 37.3 Å². The molecule has 0 amide bonds. The summed E-state index contributed by atoms with van der Waals surface area (Å²) < 4.78 is 169. The van der Waals surface area contributed by atoms with Crippen LogP contribution < -0.4 is 15.9 Å². The number of hydrogen-bond acceptors (Lipinski definition) is 0. The fraction of sp³-hybridized carbons (Fsp3) is 0.450. The van der Waals surface area contributed by atoms with Gasteiger partial charge in [-0.05, 0) is 120 Å². The van der Waals surface area contributed by atoms with Gasteiger partial charge in [0.25, 0.3) is 0 Å². The lowest BCUT2D eigenvalue weighted by Gasteiger charge is -2.40. The van der Waals surface area contributed by atoms with E-state index in [4.69, 9.17) is 0 Å². The van der Waals surface area contributed by atoms with Crippen molar-refractivity contribution in [3.05, 3.63) is 106 Å². The highest BCUT2D eigenvalue weighted by Gasteiger charge is 2.41. The maximum absolute atomic E-state index is 14.1. The van der Waals surface area contributed by atoms with Crippen LogP contribution in [0.2, 0.25) is 0 Å². The first-order chi connectivity index (χ1) is 25.3. The number of hydrogen-bond donors (Lipinski definition) is 0. The molecule has 0 unspecified atom stereocenters. The molecule has 3 aliphatic rings. The summed E-state index contributed by atoms with van der Waals surface area (Å²) >= 11 is 0. The molecule has 0 aromatic heterocycles. The van der Waals surface area contributed by atoms with Crippen LogP contribution in [0.15, 0.2) is 78.4 Å². The second-order valence-electron chi connectivity index (χ2n) is 14.2. The molecular formula is C40H38F12P2. The first kappa shape index (κ1) is 40.8. The molecule has 3 aromatic carbocycles. The van der Waals surface area contributed by atoms with Crippen molar-refractivity contribution in [3.8, 4) is 0 Å². The zero-order valence-electron chi connectivity index (χ0n) is 29.0. The van der Waals surface area contributed by atoms with Crippen molar-refractivity contribution in [1.82, 2.24) is 0 Å². The molecule has 54 heavy (non-hydrogen) atoms. The average molecular weight is 809 g/mol. The van der Waals surface area contributed by atoms with Gasteiger partial charge >= 0.3 is 24.7 Å². The second kappa shape index (κ2) is 16.0. The fourth-order valence-electron chi connectivity index (χ4n) is 8.04. The van der Waals surface area contributed by atoms with E-state index in [1.807, 2.05) is 18.2 Å². The summed E-state index contributed by atoms with van der Waals surface area (Å²) in [4.78, 5) is 0. The van der Waals surface area contributed by atoms with Crippen LogP contribution in [0.25, 0.3) is 5.57 Å². The van der Waals surface area contributed by atoms with Gasteiger partial charge in [-0.25, -0.2) is 0 Å². The molecule has 0 heterocycles. The van der Waals surface area contributed by atoms with E-state index in [-0.39, 0.29) is 18.3 Å². The number of rotatable bonds is 8. The Balaban J connectivity index is 1.55. The van der Waals surface area contributed by atoms with Gasteiger partial charge < -0.3 is 0 Å². The molecule has 2 saturated carbocycles. The Morgan fingerprint density at radius 1 is 0.519 bits per heavy atom. The summed E-state index contributed by atoms with van der Waals surface area (Å²) in [6, 6.07) is 9.35. The highest BCUT2D eigenvalue weighted by atomic mass is 31.1. The minimum absolute atomic E-state index is 0.0977. The smallest absolute Gasteiger partial charge is 0.166 e. The van der Waals surface area contributed by atoms with Crippen molar-refractivity contribution in [3.63, 3.8) is 0 Å². The molecule has 0 nitrogen and oxygen atoms in total. The molecule has 14 heteroatoms. The third-order valence-corrected chi connectivity index (χ3v) is 16.5. The normalized spacial score (nSPS) is 18.4. The molecule has 2 fully saturated rings. The van der Waals surface area contributed by atoms with Crippen LogP contribution in [0.5, 0.6) is 0 Å². The Morgan fingerprint density at radius 3 is 1.33 bits per heavy atom. The molecule has 0 saturated heterocycles. The minimum Gasteiger partial charge on any atom is -0.166 e. The number of benzene rings is 3. The van der Waals surface area contributed by atoms with E-state index >= 15 is 0 Å². The molecular weight excluding hydrogens is 770 g/mol. The Labute approximate surface area is 308 Å². The molecule has 3 aromatic rings. The van der Waals surface area contributed by atoms with Crippen LogP contribution in [0, 0.1) is 0 Å². The first-order valence-electron chi connectivity index (χ1n) is 17.9. The van der Waals surface area contributed by atoms with Crippen molar-refractivity contribution in [2.75, 3.05) is 6.16 Å². The Hall–Kier alpha value is -2.84. The monoisotopic (exact) mass is 808 g/mol. The molecule has 292 valence electrons. The third-order valence-electron chi connectivity index (χ3n) is 10.6. The van der Waals surface area contributed by atoms with E-state index in [9.17, 15) is 52.7 Å². The summed E-state index contributed by atoms with van der Waals surface area (Å²) in [6.45, 7) is 0. The molecule has 0 radical (unpaired) electrons. The molecule has 0 aliphatic heterocycles. The Morgan fingerprint density at radius 2 is 0.926 bits per heavy atom. The minimum atomic E-state index is -5.28. The van der Waals surface area contributed by atoms with E-state index in [1.54, 1.807) is 12.2 Å². The quantitative estimate of drug-likeness (QED) is 0.157. The van der Waals surface area contributed by atoms with Gasteiger partial charge in [-0.2, -0.15) is 52.7 Å². The number of allylic oxidation sites excluding steroid dienone is 4. The van der Waals surface area contributed by atoms with Gasteiger partial charge in [-0.15, -0.1) is 0 Å². The lowest BCUT2D eigenvalue weighted by Crippen LogP contribution is -2.28. The molecule has 0 atom stereocenters. The highest BCUT2D eigenvalue weighted by molar-refractivity contribution is 7.73. The molecule has 0 bridgehead atoms. The largest absolute Gasteiger partial charge is 0.416 e. The van der Waals surface area contributed by atoms with E-state index in [2.05, 4.69) is 6.07 Å². The predicted molar refractivity (Wildman–Crippen MR) is 191 cm³/mol. The van der Waals surface area contributed by atoms with Crippen molar-refractivity contribution < 1.29 is 52.7 Å². The van der Waals surface area contributed by atoms with Crippen LogP contribution in [0.1, 0.15) is 98.4 Å². The predicted octanol–water partition coefficient (Wildman–Crippen LogP) is 13.4. The SMILES string of the molecule is FC(F)(F)c1cc(P(CC2=C(c3ccccc3P(C3CCCCC3)C3CCCCC3)CC=C2)c2cc(C(F)(F)F)cc(C(F)(F)F)c2)cc(C(F)(F)F)c1. The van der Waals surface area contributed by atoms with Crippen molar-refractivity contribution in [2.24, 2.45) is 0 Å². The van der Waals surface area contributed by atoms with Gasteiger partial charge in [0.15, 0.2) is 0 Å². The summed E-state index contributed by atoms with van der Waals surface area (Å²) in [7, 11) is -3.37. The fourth-order valence-corrected chi connectivity index (χ4v) is 14.5. The van der Waals surface area contributed by atoms with Gasteiger partial charge in [0.2, 0.25) is 0 Å². The van der Waals surface area contributed by atoms with Crippen LogP contribution in [-0.4, -0.2) is 17.5 Å². The average Bonchev–Trinajstić information content (AvgIpc) is 3.58. The van der Waals surface area contributed by atoms with Gasteiger partial charge in [-0.3, -0.25) is 0 Å². The maximum atomic E-state index is 14.1. The molecule has 6 rings (SSSR count). The second-order valence-corrected chi connectivity index (χ2v) is 19.2. The third kappa shape index (κ3) is 9.40. The summed E-state index contributed by atoms with van der Waals surface area (Å²) in [5.41, 5.74) is -3.75. The topological polar surface area (TPSA) is 0 Å². The number of alkyl halides is 12. The lowest BCUT2D eigenvalue weighted by atomic mass is 9.99. The molecule has 3 aliphatic carbocycles. The first-order valence-corrected chi connectivity index (χ1v) is 20.9. The van der Waals surface area contributed by atoms with Crippen LogP contribution >= 0.6 is 15.8 Å². The van der Waals surface area contributed by atoms with E-state index in [1.165, 1.54) is 0 Å². The Bertz CT molecular complexity index is 1700. The van der Waals surface area contributed by atoms with Crippen LogP contribution in [0.3, 0.4) is 0 Å². The van der Waals surface area contributed by atoms with Gasteiger partial charge in [0.05, 0.1) is 22.3 Å². The lowest BCUT2D eigenvalue weighted by molar-refractivity contribution is -0.144. The molecule has 0 spiro atoms. The zero-order valence-corrected chi connectivity index (χ0v) is 30.8. The van der Waals surface area contributed by atoms with E-state index in [0.717, 1.165) is 80.6 Å². The van der Waals surface area contributed by atoms with E-state index < -0.39 is 73.4 Å². The Kier molecular flexibility index (Phi) is 12.1. The van der Waals surface area contributed by atoms with Gasteiger partial charge in [0, 0.05) is 6.16 Å². The van der Waals surface area contributed by atoms with Crippen molar-refractivity contribution in [1.29, 1.82) is 0 Å². The summed E-state index contributed by atoms with van der Waals surface area (Å²) in [6.07, 6.45) is -6.61. The highest BCUT2D eigenvalue weighted by Crippen LogP contribution is 2.56. The summed E-state index contributed by atoms with van der Waals surface area (Å²) in [5.74, 6) is 0. The van der Waals surface area contributed by atoms with Crippen LogP contribution in [0.4, 0.5) is 52.7 Å². The summed E-state index contributed by atoms with van der Waals surface area (Å²) in [5, 5.41) is -0.109. The van der Waals surface area contributed by atoms with Gasteiger partial charge in [-0.1, -0.05) is 82.9 Å². The van der Waals surface area contributed by atoms with Crippen LogP contribution in [-0.2, 0) is 24.7 Å². The van der Waals surface area contributed by atoms with Gasteiger partial charge in [0.1, 0.15) is 0 Å². The zero-order chi connectivity index (χ0) is 39.1. The molecule has 0 N–H and O–H groups in total. The van der Waals surface area contributed by atoms with E-state index in [0.29, 0.717) is 47.6 Å². The number of halogens is 12. The van der Waals surface area contributed by atoms with Crippen molar-refractivity contribution in [2.45, 2.75) is 107 Å². The maximum Gasteiger partial charge on any atom is 0.416 e. The standard InChI is InChI=1S/C40H38F12P2/c41-37(42,43)26-18-27(38(44,45)46)21-32(20-26)53(33-22-28(39(47,48)49)19-29(23-33)40(50,51)52)24-25-10-9-16-34(25)35-15-7-8-17-36(35)54(30-11-3-1-4-12-30)31-13-5-2-6-14-31/h7-10,15,17-23,30-31H,1-6,11-14,16,24H2.